The Balaban J connectivity index is 3.05. The van der Waals surface area contributed by atoms with Gasteiger partial charge in [0.25, 0.3) is 0 Å². The maximum Gasteiger partial charge on any atom is 0.0541 e. The largest absolute Gasteiger partial charge is 0.549 e. The van der Waals surface area contributed by atoms with Gasteiger partial charge in [0.15, 0.2) is 0 Å². The van der Waals surface area contributed by atoms with E-state index in [0.29, 0.717) is 6.42 Å². The fraction of sp³-hybridized carbons (Fsp3) is 0.933. The zero-order chi connectivity index (χ0) is 13.6. The molecule has 0 aromatic rings. The second-order valence-electron chi connectivity index (χ2n) is 5.16. The average molecular weight is 273 g/mol. The molecule has 0 aliphatic rings. The van der Waals surface area contributed by atoms with Gasteiger partial charge in [0.2, 0.25) is 0 Å². The molecule has 3 heteroatoms. The number of carboxylic acid groups (broad SMARTS) is 1. The van der Waals surface area contributed by atoms with Crippen LogP contribution in [0.1, 0.15) is 84.0 Å². The third-order valence-corrected chi connectivity index (χ3v) is 3.82. The van der Waals surface area contributed by atoms with Crippen LogP contribution in [0.15, 0.2) is 0 Å². The molecule has 0 rings (SSSR count). The Morgan fingerprint density at radius 3 is 1.67 bits per heavy atom. The van der Waals surface area contributed by atoms with Gasteiger partial charge in [-0.05, 0) is 6.42 Å². The van der Waals surface area contributed by atoms with Crippen LogP contribution in [0, 0.1) is 0 Å². The first kappa shape index (κ1) is 17.8. The minimum Gasteiger partial charge on any atom is -0.549 e. The van der Waals surface area contributed by atoms with Crippen LogP contribution in [-0.4, -0.2) is 11.2 Å². The van der Waals surface area contributed by atoms with Crippen molar-refractivity contribution in [1.29, 1.82) is 0 Å². The Morgan fingerprint density at radius 1 is 0.889 bits per heavy atom. The van der Waals surface area contributed by atoms with Gasteiger partial charge in [-0.25, -0.2) is 0 Å². The summed E-state index contributed by atoms with van der Waals surface area (Å²) < 4.78 is 0. The van der Waals surface area contributed by atoms with Crippen molar-refractivity contribution in [3.63, 3.8) is 0 Å². The Labute approximate surface area is 118 Å². The zero-order valence-electron chi connectivity index (χ0n) is 11.8. The van der Waals surface area contributed by atoms with E-state index < -0.39 is 11.2 Å². The standard InChI is InChI=1S/C15H30O2S/c1-2-3-4-5-6-7-8-9-10-11-12-13-14(18)15(16)17/h14,18H,2-13H2,1H3,(H,16,17)/p-1. The van der Waals surface area contributed by atoms with E-state index in [1.165, 1.54) is 57.8 Å². The molecule has 0 aromatic carbocycles. The lowest BCUT2D eigenvalue weighted by Crippen LogP contribution is -2.31. The van der Waals surface area contributed by atoms with Crippen molar-refractivity contribution < 1.29 is 9.90 Å². The molecule has 108 valence electrons. The topological polar surface area (TPSA) is 40.1 Å². The molecule has 0 heterocycles. The van der Waals surface area contributed by atoms with Crippen molar-refractivity contribution in [2.45, 2.75) is 89.2 Å². The third kappa shape index (κ3) is 12.3. The molecule has 0 saturated carbocycles. The van der Waals surface area contributed by atoms with Crippen LogP contribution in [0.2, 0.25) is 0 Å². The first-order valence-corrected chi connectivity index (χ1v) is 8.09. The average Bonchev–Trinajstić information content (AvgIpc) is 2.35. The van der Waals surface area contributed by atoms with Gasteiger partial charge >= 0.3 is 0 Å². The summed E-state index contributed by atoms with van der Waals surface area (Å²) in [5, 5.41) is 9.84. The Hall–Kier alpha value is -0.180. The minimum absolute atomic E-state index is 0.580. The predicted octanol–water partition coefficient (Wildman–Crippen LogP) is 3.74. The van der Waals surface area contributed by atoms with Crippen LogP contribution < -0.4 is 5.11 Å². The molecular weight excluding hydrogens is 244 g/mol. The molecule has 0 aliphatic heterocycles. The Bertz CT molecular complexity index is 195. The number of hydrogen-bond acceptors (Lipinski definition) is 3. The van der Waals surface area contributed by atoms with E-state index in [9.17, 15) is 9.90 Å². The molecule has 1 unspecified atom stereocenters. The highest BCUT2D eigenvalue weighted by Crippen LogP contribution is 2.13. The van der Waals surface area contributed by atoms with Crippen LogP contribution in [0.25, 0.3) is 0 Å². The van der Waals surface area contributed by atoms with Crippen molar-refractivity contribution in [1.82, 2.24) is 0 Å². The summed E-state index contributed by atoms with van der Waals surface area (Å²) in [4.78, 5) is 10.4. The highest BCUT2D eigenvalue weighted by Gasteiger charge is 2.02. The van der Waals surface area contributed by atoms with Crippen LogP contribution in [0.5, 0.6) is 0 Å². The second-order valence-corrected chi connectivity index (χ2v) is 5.78. The van der Waals surface area contributed by atoms with Crippen LogP contribution in [0.4, 0.5) is 0 Å². The third-order valence-electron chi connectivity index (χ3n) is 3.35. The summed E-state index contributed by atoms with van der Waals surface area (Å²) in [6.07, 6.45) is 14.8. The quantitative estimate of drug-likeness (QED) is 0.410. The monoisotopic (exact) mass is 273 g/mol. The number of carboxylic acids is 1. The number of rotatable bonds is 13. The lowest BCUT2D eigenvalue weighted by molar-refractivity contribution is -0.304. The number of hydrogen-bond donors (Lipinski definition) is 1. The molecule has 2 nitrogen and oxygen atoms in total. The summed E-state index contributed by atoms with van der Waals surface area (Å²) in [6.45, 7) is 2.25. The lowest BCUT2D eigenvalue weighted by Gasteiger charge is -2.10. The van der Waals surface area contributed by atoms with E-state index in [-0.39, 0.29) is 0 Å². The fourth-order valence-electron chi connectivity index (χ4n) is 2.12. The van der Waals surface area contributed by atoms with Crippen molar-refractivity contribution in [3.05, 3.63) is 0 Å². The van der Waals surface area contributed by atoms with Gasteiger partial charge in [-0.3, -0.25) is 0 Å². The maximum absolute atomic E-state index is 10.4. The normalized spacial score (nSPS) is 12.6. The van der Waals surface area contributed by atoms with E-state index in [2.05, 4.69) is 19.6 Å². The van der Waals surface area contributed by atoms with Gasteiger partial charge in [-0.2, -0.15) is 12.6 Å². The number of carbonyl (C=O) groups is 1. The second kappa shape index (κ2) is 13.3. The van der Waals surface area contributed by atoms with Gasteiger partial charge in [0.05, 0.1) is 5.97 Å². The summed E-state index contributed by atoms with van der Waals surface area (Å²) >= 11 is 3.96. The summed E-state index contributed by atoms with van der Waals surface area (Å²) in [7, 11) is 0. The first-order valence-electron chi connectivity index (χ1n) is 7.57. The lowest BCUT2D eigenvalue weighted by atomic mass is 10.0. The number of thiol groups is 1. The highest BCUT2D eigenvalue weighted by molar-refractivity contribution is 7.81. The number of unbranched alkanes of at least 4 members (excludes halogenated alkanes) is 10. The summed E-state index contributed by atoms with van der Waals surface area (Å²) in [5.41, 5.74) is 0. The van der Waals surface area contributed by atoms with Gasteiger partial charge < -0.3 is 9.90 Å². The molecule has 18 heavy (non-hydrogen) atoms. The highest BCUT2D eigenvalue weighted by atomic mass is 32.1. The van der Waals surface area contributed by atoms with E-state index in [4.69, 9.17) is 0 Å². The number of carbonyl (C=O) groups excluding carboxylic acids is 1. The summed E-state index contributed by atoms with van der Waals surface area (Å²) in [6, 6.07) is 0. The van der Waals surface area contributed by atoms with Crippen molar-refractivity contribution >= 4 is 18.6 Å². The van der Waals surface area contributed by atoms with Crippen molar-refractivity contribution in [2.75, 3.05) is 0 Å². The first-order chi connectivity index (χ1) is 8.68. The van der Waals surface area contributed by atoms with Gasteiger partial charge in [0, 0.05) is 5.25 Å². The Morgan fingerprint density at radius 2 is 1.28 bits per heavy atom. The van der Waals surface area contributed by atoms with E-state index in [0.717, 1.165) is 12.8 Å². The molecule has 0 amide bonds. The molecule has 0 fully saturated rings. The molecular formula is C15H29O2S-. The minimum atomic E-state index is -1.04. The zero-order valence-corrected chi connectivity index (χ0v) is 12.7. The van der Waals surface area contributed by atoms with Crippen LogP contribution in [-0.2, 0) is 4.79 Å². The molecule has 0 saturated heterocycles. The Kier molecular flexibility index (Phi) is 13.1. The van der Waals surface area contributed by atoms with Gasteiger partial charge in [-0.1, -0.05) is 77.6 Å². The molecule has 0 radical (unpaired) electrons. The van der Waals surface area contributed by atoms with Gasteiger partial charge in [-0.15, -0.1) is 0 Å². The van der Waals surface area contributed by atoms with E-state index in [1.54, 1.807) is 0 Å². The van der Waals surface area contributed by atoms with Gasteiger partial charge in [0.1, 0.15) is 0 Å². The smallest absolute Gasteiger partial charge is 0.0541 e. The van der Waals surface area contributed by atoms with E-state index >= 15 is 0 Å². The van der Waals surface area contributed by atoms with Crippen LogP contribution >= 0.6 is 12.6 Å². The van der Waals surface area contributed by atoms with Crippen molar-refractivity contribution in [3.8, 4) is 0 Å². The molecule has 0 bridgehead atoms. The molecule has 0 aliphatic carbocycles. The predicted molar refractivity (Wildman–Crippen MR) is 78.9 cm³/mol. The van der Waals surface area contributed by atoms with E-state index in [1.807, 2.05) is 0 Å². The fourth-order valence-corrected chi connectivity index (χ4v) is 2.30. The molecule has 0 N–H and O–H groups in total. The van der Waals surface area contributed by atoms with Crippen LogP contribution in [0.3, 0.4) is 0 Å². The molecule has 0 aromatic heterocycles. The maximum atomic E-state index is 10.4. The molecule has 1 atom stereocenters. The SMILES string of the molecule is CCCCCCCCCCCCCC(S)C(=O)[O-]. The van der Waals surface area contributed by atoms with Crippen molar-refractivity contribution in [2.24, 2.45) is 0 Å². The summed E-state index contributed by atoms with van der Waals surface area (Å²) in [5.74, 6) is -1.04. The number of aliphatic carboxylic acids is 1. The molecule has 0 spiro atoms.